The first-order chi connectivity index (χ1) is 12.8. The molecule has 2 aromatic carbocycles. The lowest BCUT2D eigenvalue weighted by molar-refractivity contribution is 0.140. The molecule has 0 aliphatic rings. The summed E-state index contributed by atoms with van der Waals surface area (Å²) in [6.07, 6.45) is 4.35. The van der Waals surface area contributed by atoms with Crippen molar-refractivity contribution in [2.75, 3.05) is 26.9 Å². The van der Waals surface area contributed by atoms with Crippen LogP contribution in [-0.4, -0.2) is 33.0 Å². The summed E-state index contributed by atoms with van der Waals surface area (Å²) in [5.74, 6) is 0.821. The number of hydrogen-bond acceptors (Lipinski definition) is 4. The van der Waals surface area contributed by atoms with Crippen LogP contribution >= 0.6 is 0 Å². The highest BCUT2D eigenvalue weighted by Gasteiger charge is 2.00. The topological polar surface area (TPSA) is 56.8 Å². The smallest absolute Gasteiger partial charge is 0.407 e. The molecule has 0 unspecified atom stereocenters. The molecule has 5 nitrogen and oxygen atoms in total. The highest BCUT2D eigenvalue weighted by Crippen LogP contribution is 2.13. The predicted molar refractivity (Wildman–Crippen MR) is 102 cm³/mol. The molecule has 0 heterocycles. The van der Waals surface area contributed by atoms with Crippen molar-refractivity contribution in [1.29, 1.82) is 0 Å². The molecule has 0 atom stereocenters. The molecule has 2 aromatic rings. The number of ether oxygens (including phenoxy) is 3. The second-order valence-electron chi connectivity index (χ2n) is 5.59. The van der Waals surface area contributed by atoms with E-state index in [4.69, 9.17) is 14.2 Å². The van der Waals surface area contributed by atoms with Gasteiger partial charge in [-0.05, 0) is 29.7 Å². The van der Waals surface area contributed by atoms with Crippen LogP contribution in [0, 0.1) is 0 Å². The Bertz CT molecular complexity index is 668. The number of nitrogens with one attached hydrogen (secondary N) is 1. The van der Waals surface area contributed by atoms with Crippen molar-refractivity contribution in [1.82, 2.24) is 5.32 Å². The van der Waals surface area contributed by atoms with E-state index in [2.05, 4.69) is 5.32 Å². The largest absolute Gasteiger partial charge is 0.491 e. The Morgan fingerprint density at radius 1 is 1.04 bits per heavy atom. The van der Waals surface area contributed by atoms with Gasteiger partial charge in [-0.3, -0.25) is 0 Å². The number of benzene rings is 2. The molecule has 138 valence electrons. The summed E-state index contributed by atoms with van der Waals surface area (Å²) in [7, 11) is 1.65. The monoisotopic (exact) mass is 355 g/mol. The summed E-state index contributed by atoms with van der Waals surface area (Å²) in [5.41, 5.74) is 2.05. The van der Waals surface area contributed by atoms with E-state index >= 15 is 0 Å². The lowest BCUT2D eigenvalue weighted by Gasteiger charge is -2.06. The molecular formula is C21H25NO4. The van der Waals surface area contributed by atoms with Gasteiger partial charge in [0.15, 0.2) is 0 Å². The van der Waals surface area contributed by atoms with E-state index in [0.717, 1.165) is 23.3 Å². The normalized spacial score (nSPS) is 10.7. The highest BCUT2D eigenvalue weighted by atomic mass is 16.5. The van der Waals surface area contributed by atoms with Gasteiger partial charge in [-0.2, -0.15) is 0 Å². The minimum absolute atomic E-state index is 0.279. The second-order valence-corrected chi connectivity index (χ2v) is 5.59. The van der Waals surface area contributed by atoms with Crippen LogP contribution in [0.4, 0.5) is 4.79 Å². The van der Waals surface area contributed by atoms with Crippen molar-refractivity contribution in [3.63, 3.8) is 0 Å². The summed E-state index contributed by atoms with van der Waals surface area (Å²) in [4.78, 5) is 11.6. The van der Waals surface area contributed by atoms with Crippen LogP contribution < -0.4 is 10.1 Å². The first kappa shape index (κ1) is 19.5. The van der Waals surface area contributed by atoms with Crippen molar-refractivity contribution in [3.05, 3.63) is 71.8 Å². The fourth-order valence-electron chi connectivity index (χ4n) is 2.17. The van der Waals surface area contributed by atoms with Crippen molar-refractivity contribution in [2.45, 2.75) is 13.0 Å². The maximum Gasteiger partial charge on any atom is 0.407 e. The molecular weight excluding hydrogens is 330 g/mol. The molecule has 0 saturated carbocycles. The van der Waals surface area contributed by atoms with Gasteiger partial charge in [-0.15, -0.1) is 0 Å². The van der Waals surface area contributed by atoms with Gasteiger partial charge < -0.3 is 19.5 Å². The van der Waals surface area contributed by atoms with Crippen molar-refractivity contribution in [3.8, 4) is 5.75 Å². The molecule has 1 amide bonds. The van der Waals surface area contributed by atoms with E-state index in [1.165, 1.54) is 0 Å². The molecule has 0 aliphatic carbocycles. The number of amides is 1. The maximum absolute atomic E-state index is 11.6. The Morgan fingerprint density at radius 2 is 1.81 bits per heavy atom. The Labute approximate surface area is 154 Å². The molecule has 2 rings (SSSR count). The number of rotatable bonds is 10. The van der Waals surface area contributed by atoms with E-state index in [-0.39, 0.29) is 6.61 Å². The van der Waals surface area contributed by atoms with Crippen LogP contribution in [0.5, 0.6) is 5.75 Å². The Kier molecular flexibility index (Phi) is 8.80. The lowest BCUT2D eigenvalue weighted by atomic mass is 10.2. The zero-order chi connectivity index (χ0) is 18.5. The first-order valence-electron chi connectivity index (χ1n) is 8.61. The zero-order valence-corrected chi connectivity index (χ0v) is 15.0. The minimum Gasteiger partial charge on any atom is -0.491 e. The quantitative estimate of drug-likeness (QED) is 0.654. The predicted octanol–water partition coefficient (Wildman–Crippen LogP) is 4.04. The lowest BCUT2D eigenvalue weighted by Crippen LogP contribution is -2.24. The summed E-state index contributed by atoms with van der Waals surface area (Å²) < 4.78 is 15.6. The molecule has 0 spiro atoms. The SMILES string of the molecule is COCCOc1ccc(C=CCCNC(=O)OCc2ccccc2)cc1. The van der Waals surface area contributed by atoms with Crippen LogP contribution in [0.15, 0.2) is 60.7 Å². The molecule has 0 aromatic heterocycles. The van der Waals surface area contributed by atoms with Gasteiger partial charge in [0.2, 0.25) is 0 Å². The first-order valence-corrected chi connectivity index (χ1v) is 8.61. The number of alkyl carbamates (subject to hydrolysis) is 1. The Hall–Kier alpha value is -2.79. The van der Waals surface area contributed by atoms with Crippen molar-refractivity contribution in [2.24, 2.45) is 0 Å². The summed E-state index contributed by atoms with van der Waals surface area (Å²) in [6, 6.07) is 17.4. The second kappa shape index (κ2) is 11.7. The van der Waals surface area contributed by atoms with Gasteiger partial charge in [-0.25, -0.2) is 4.79 Å². The molecule has 0 radical (unpaired) electrons. The van der Waals surface area contributed by atoms with Gasteiger partial charge in [0.1, 0.15) is 19.0 Å². The summed E-state index contributed by atoms with van der Waals surface area (Å²) in [6.45, 7) is 1.92. The Balaban J connectivity index is 1.60. The summed E-state index contributed by atoms with van der Waals surface area (Å²) in [5, 5.41) is 2.73. The fraction of sp³-hybridized carbons (Fsp3) is 0.286. The third kappa shape index (κ3) is 7.85. The molecule has 0 fully saturated rings. The highest BCUT2D eigenvalue weighted by molar-refractivity contribution is 5.67. The number of methoxy groups -OCH3 is 1. The van der Waals surface area contributed by atoms with Crippen LogP contribution in [0.3, 0.4) is 0 Å². The van der Waals surface area contributed by atoms with E-state index in [9.17, 15) is 4.79 Å². The fourth-order valence-corrected chi connectivity index (χ4v) is 2.17. The van der Waals surface area contributed by atoms with E-state index in [0.29, 0.717) is 19.8 Å². The zero-order valence-electron chi connectivity index (χ0n) is 15.0. The average Bonchev–Trinajstić information content (AvgIpc) is 2.68. The van der Waals surface area contributed by atoms with Gasteiger partial charge in [0.05, 0.1) is 6.61 Å². The van der Waals surface area contributed by atoms with Gasteiger partial charge in [-0.1, -0.05) is 54.6 Å². The minimum atomic E-state index is -0.403. The number of hydrogen-bond donors (Lipinski definition) is 1. The van der Waals surface area contributed by atoms with Crippen LogP contribution in [-0.2, 0) is 16.1 Å². The third-order valence-electron chi connectivity index (χ3n) is 3.54. The van der Waals surface area contributed by atoms with E-state index < -0.39 is 6.09 Å². The average molecular weight is 355 g/mol. The van der Waals surface area contributed by atoms with Gasteiger partial charge in [0.25, 0.3) is 0 Å². The standard InChI is InChI=1S/C21H25NO4/c1-24-15-16-25-20-12-10-18(11-13-20)7-5-6-14-22-21(23)26-17-19-8-3-2-4-9-19/h2-5,7-13H,6,14-17H2,1H3,(H,22,23). The molecule has 1 N–H and O–H groups in total. The van der Waals surface area contributed by atoms with Crippen molar-refractivity contribution < 1.29 is 19.0 Å². The summed E-state index contributed by atoms with van der Waals surface area (Å²) >= 11 is 0. The van der Waals surface area contributed by atoms with E-state index in [1.807, 2.05) is 66.7 Å². The molecule has 0 aliphatic heterocycles. The number of carbonyl (C=O) groups is 1. The molecule has 26 heavy (non-hydrogen) atoms. The molecule has 0 saturated heterocycles. The van der Waals surface area contributed by atoms with Crippen LogP contribution in [0.2, 0.25) is 0 Å². The van der Waals surface area contributed by atoms with Crippen molar-refractivity contribution >= 4 is 12.2 Å². The van der Waals surface area contributed by atoms with E-state index in [1.54, 1.807) is 7.11 Å². The third-order valence-corrected chi connectivity index (χ3v) is 3.54. The van der Waals surface area contributed by atoms with Gasteiger partial charge in [0, 0.05) is 13.7 Å². The van der Waals surface area contributed by atoms with Crippen LogP contribution in [0.25, 0.3) is 6.08 Å². The van der Waals surface area contributed by atoms with Gasteiger partial charge >= 0.3 is 6.09 Å². The molecule has 5 heteroatoms. The maximum atomic E-state index is 11.6. The Morgan fingerprint density at radius 3 is 2.54 bits per heavy atom. The molecule has 0 bridgehead atoms. The number of carbonyl (C=O) groups excluding carboxylic acids is 1. The van der Waals surface area contributed by atoms with Crippen LogP contribution in [0.1, 0.15) is 17.5 Å².